The Bertz CT molecular complexity index is 931. The first kappa shape index (κ1) is 17.0. The van der Waals surface area contributed by atoms with E-state index in [4.69, 9.17) is 5.26 Å². The van der Waals surface area contributed by atoms with Gasteiger partial charge in [0.25, 0.3) is 5.91 Å². The highest BCUT2D eigenvalue weighted by Crippen LogP contribution is 2.24. The number of sulfonamides is 1. The quantitative estimate of drug-likeness (QED) is 0.916. The van der Waals surface area contributed by atoms with Crippen LogP contribution in [0.3, 0.4) is 0 Å². The summed E-state index contributed by atoms with van der Waals surface area (Å²) in [7, 11) is -3.31. The topological polar surface area (TPSA) is 90.3 Å². The van der Waals surface area contributed by atoms with Crippen LogP contribution in [0.4, 0.5) is 11.4 Å². The minimum atomic E-state index is -3.31. The molecule has 0 aliphatic carbocycles. The Morgan fingerprint density at radius 3 is 2.56 bits per heavy atom. The maximum atomic E-state index is 12.4. The molecular formula is C18H17N3O3S. The molecular weight excluding hydrogens is 338 g/mol. The Hall–Kier alpha value is -2.85. The number of nitrogens with zero attached hydrogens (tertiary/aromatic N) is 2. The van der Waals surface area contributed by atoms with Crippen LogP contribution in [0.5, 0.6) is 0 Å². The summed E-state index contributed by atoms with van der Waals surface area (Å²) < 4.78 is 25.8. The molecule has 2 aromatic rings. The van der Waals surface area contributed by atoms with E-state index in [9.17, 15) is 13.2 Å². The van der Waals surface area contributed by atoms with Gasteiger partial charge in [-0.25, -0.2) is 8.42 Å². The van der Waals surface area contributed by atoms with Crippen LogP contribution >= 0.6 is 0 Å². The fourth-order valence-corrected chi connectivity index (χ4v) is 4.34. The summed E-state index contributed by atoms with van der Waals surface area (Å²) in [6.45, 7) is 0.434. The standard InChI is InChI=1S/C18H17N3O3S/c19-13-14-6-8-16(9-7-14)20-18(22)15-4-3-5-17(12-15)21-10-1-2-11-25(21,23)24/h3-9,12H,1-2,10-11H2,(H,20,22). The van der Waals surface area contributed by atoms with Crippen molar-refractivity contribution in [3.8, 4) is 6.07 Å². The minimum Gasteiger partial charge on any atom is -0.322 e. The Morgan fingerprint density at radius 1 is 1.12 bits per heavy atom. The smallest absolute Gasteiger partial charge is 0.255 e. The van der Waals surface area contributed by atoms with Crippen molar-refractivity contribution in [2.75, 3.05) is 21.9 Å². The van der Waals surface area contributed by atoms with Crippen LogP contribution in [0.1, 0.15) is 28.8 Å². The lowest BCUT2D eigenvalue weighted by molar-refractivity contribution is 0.102. The molecule has 128 valence electrons. The number of benzene rings is 2. The van der Waals surface area contributed by atoms with E-state index in [-0.39, 0.29) is 11.7 Å². The summed E-state index contributed by atoms with van der Waals surface area (Å²) in [6, 6.07) is 15.1. The SMILES string of the molecule is N#Cc1ccc(NC(=O)c2cccc(N3CCCCS3(=O)=O)c2)cc1. The lowest BCUT2D eigenvalue weighted by atomic mass is 10.1. The average molecular weight is 355 g/mol. The zero-order chi connectivity index (χ0) is 17.9. The molecule has 1 saturated heterocycles. The molecule has 0 atom stereocenters. The third-order valence-corrected chi connectivity index (χ3v) is 5.89. The number of amides is 1. The highest BCUT2D eigenvalue weighted by atomic mass is 32.2. The van der Waals surface area contributed by atoms with Gasteiger partial charge < -0.3 is 5.32 Å². The van der Waals surface area contributed by atoms with Crippen LogP contribution in [0, 0.1) is 11.3 Å². The number of carbonyl (C=O) groups excluding carboxylic acids is 1. The molecule has 0 saturated carbocycles. The van der Waals surface area contributed by atoms with Gasteiger partial charge in [0.1, 0.15) is 0 Å². The summed E-state index contributed by atoms with van der Waals surface area (Å²) in [5.41, 5.74) is 1.96. The van der Waals surface area contributed by atoms with Gasteiger partial charge in [-0.05, 0) is 55.3 Å². The van der Waals surface area contributed by atoms with Gasteiger partial charge >= 0.3 is 0 Å². The summed E-state index contributed by atoms with van der Waals surface area (Å²) in [6.07, 6.45) is 1.47. The second-order valence-electron chi connectivity index (χ2n) is 5.79. The Balaban J connectivity index is 1.80. The van der Waals surface area contributed by atoms with Gasteiger partial charge in [0.05, 0.1) is 23.1 Å². The van der Waals surface area contributed by atoms with Gasteiger partial charge in [0.15, 0.2) is 0 Å². The molecule has 1 aliphatic rings. The van der Waals surface area contributed by atoms with Gasteiger partial charge in [-0.2, -0.15) is 5.26 Å². The van der Waals surface area contributed by atoms with Gasteiger partial charge in [-0.15, -0.1) is 0 Å². The predicted octanol–water partition coefficient (Wildman–Crippen LogP) is 2.74. The van der Waals surface area contributed by atoms with Crippen LogP contribution in [0.2, 0.25) is 0 Å². The predicted molar refractivity (Wildman–Crippen MR) is 95.9 cm³/mol. The number of anilines is 2. The van der Waals surface area contributed by atoms with Crippen molar-refractivity contribution in [3.05, 3.63) is 59.7 Å². The fourth-order valence-electron chi connectivity index (χ4n) is 2.71. The van der Waals surface area contributed by atoms with E-state index < -0.39 is 10.0 Å². The molecule has 1 amide bonds. The van der Waals surface area contributed by atoms with E-state index in [1.807, 2.05) is 6.07 Å². The first-order valence-corrected chi connectivity index (χ1v) is 9.52. The Kier molecular flexibility index (Phi) is 4.72. The lowest BCUT2D eigenvalue weighted by Crippen LogP contribution is -2.37. The first-order valence-electron chi connectivity index (χ1n) is 7.91. The minimum absolute atomic E-state index is 0.134. The Labute approximate surface area is 146 Å². The zero-order valence-corrected chi connectivity index (χ0v) is 14.3. The number of hydrogen-bond acceptors (Lipinski definition) is 4. The summed E-state index contributed by atoms with van der Waals surface area (Å²) in [5.74, 6) is -0.199. The molecule has 25 heavy (non-hydrogen) atoms. The lowest BCUT2D eigenvalue weighted by Gasteiger charge is -2.28. The third kappa shape index (κ3) is 3.80. The van der Waals surface area contributed by atoms with Crippen molar-refractivity contribution in [3.63, 3.8) is 0 Å². The summed E-state index contributed by atoms with van der Waals surface area (Å²) in [4.78, 5) is 12.4. The van der Waals surface area contributed by atoms with Crippen LogP contribution in [-0.2, 0) is 10.0 Å². The highest BCUT2D eigenvalue weighted by molar-refractivity contribution is 7.92. The second-order valence-corrected chi connectivity index (χ2v) is 7.80. The van der Waals surface area contributed by atoms with Crippen molar-refractivity contribution in [2.45, 2.75) is 12.8 Å². The van der Waals surface area contributed by atoms with E-state index >= 15 is 0 Å². The second kappa shape index (κ2) is 6.95. The molecule has 1 aliphatic heterocycles. The van der Waals surface area contributed by atoms with Crippen LogP contribution in [0.15, 0.2) is 48.5 Å². The van der Waals surface area contributed by atoms with E-state index in [1.165, 1.54) is 4.31 Å². The third-order valence-electron chi connectivity index (χ3n) is 4.02. The normalized spacial score (nSPS) is 16.0. The van der Waals surface area contributed by atoms with Crippen LogP contribution < -0.4 is 9.62 Å². The molecule has 0 spiro atoms. The molecule has 1 N–H and O–H groups in total. The molecule has 3 rings (SSSR count). The van der Waals surface area contributed by atoms with E-state index in [1.54, 1.807) is 48.5 Å². The molecule has 0 bridgehead atoms. The maximum absolute atomic E-state index is 12.4. The zero-order valence-electron chi connectivity index (χ0n) is 13.5. The van der Waals surface area contributed by atoms with Crippen molar-refractivity contribution in [1.29, 1.82) is 5.26 Å². The highest BCUT2D eigenvalue weighted by Gasteiger charge is 2.26. The van der Waals surface area contributed by atoms with Gasteiger partial charge in [-0.3, -0.25) is 9.10 Å². The fraction of sp³-hybridized carbons (Fsp3) is 0.222. The van der Waals surface area contributed by atoms with E-state index in [2.05, 4.69) is 5.32 Å². The van der Waals surface area contributed by atoms with Gasteiger partial charge in [0, 0.05) is 17.8 Å². The van der Waals surface area contributed by atoms with E-state index in [0.29, 0.717) is 35.5 Å². The molecule has 1 fully saturated rings. The van der Waals surface area contributed by atoms with Crippen molar-refractivity contribution in [1.82, 2.24) is 0 Å². The Morgan fingerprint density at radius 2 is 1.88 bits per heavy atom. The summed E-state index contributed by atoms with van der Waals surface area (Å²) >= 11 is 0. The molecule has 0 unspecified atom stereocenters. The number of rotatable bonds is 3. The van der Waals surface area contributed by atoms with Crippen molar-refractivity contribution < 1.29 is 13.2 Å². The number of nitrogens with one attached hydrogen (secondary N) is 1. The van der Waals surface area contributed by atoms with E-state index in [0.717, 1.165) is 6.42 Å². The van der Waals surface area contributed by atoms with Gasteiger partial charge in [-0.1, -0.05) is 6.07 Å². The molecule has 0 aromatic heterocycles. The average Bonchev–Trinajstić information content (AvgIpc) is 2.62. The van der Waals surface area contributed by atoms with Crippen LogP contribution in [0.25, 0.3) is 0 Å². The molecule has 1 heterocycles. The number of carbonyl (C=O) groups is 1. The molecule has 2 aromatic carbocycles. The summed E-state index contributed by atoms with van der Waals surface area (Å²) in [5, 5.41) is 11.5. The van der Waals surface area contributed by atoms with Gasteiger partial charge in [0.2, 0.25) is 10.0 Å². The largest absolute Gasteiger partial charge is 0.322 e. The molecule has 7 heteroatoms. The maximum Gasteiger partial charge on any atom is 0.255 e. The number of nitriles is 1. The first-order chi connectivity index (χ1) is 12.0. The molecule has 6 nitrogen and oxygen atoms in total. The van der Waals surface area contributed by atoms with Crippen molar-refractivity contribution in [2.24, 2.45) is 0 Å². The number of hydrogen-bond donors (Lipinski definition) is 1. The van der Waals surface area contributed by atoms with Crippen molar-refractivity contribution >= 4 is 27.3 Å². The monoisotopic (exact) mass is 355 g/mol. The molecule has 0 radical (unpaired) electrons. The van der Waals surface area contributed by atoms with Crippen LogP contribution in [-0.4, -0.2) is 26.6 Å².